The second kappa shape index (κ2) is 7.82. The predicted molar refractivity (Wildman–Crippen MR) is 108 cm³/mol. The van der Waals surface area contributed by atoms with Crippen LogP contribution in [0.1, 0.15) is 36.6 Å². The highest BCUT2D eigenvalue weighted by Crippen LogP contribution is 2.52. The number of piperazine rings is 1. The maximum absolute atomic E-state index is 12.4. The maximum atomic E-state index is 12.4. The number of rotatable bonds is 3. The number of hydrogen-bond acceptors (Lipinski definition) is 8. The van der Waals surface area contributed by atoms with E-state index in [1.54, 1.807) is 19.9 Å². The number of aromatic hydroxyl groups is 1. The first-order valence-electron chi connectivity index (χ1n) is 10.2. The summed E-state index contributed by atoms with van der Waals surface area (Å²) in [6.45, 7) is 6.79. The van der Waals surface area contributed by atoms with Crippen LogP contribution in [0.15, 0.2) is 11.6 Å². The zero-order chi connectivity index (χ0) is 21.6. The number of fused-ring (bicyclic) bond motifs is 4. The molecule has 3 aliphatic rings. The number of nitriles is 1. The van der Waals surface area contributed by atoms with Crippen LogP contribution in [-0.2, 0) is 16.0 Å². The number of likely N-dealkylation sites (N-methyl/N-ethyl adjacent to an activating group) is 1. The summed E-state index contributed by atoms with van der Waals surface area (Å²) in [6, 6.07) is 1.64. The average Bonchev–Trinajstić information content (AvgIpc) is 3.23. The van der Waals surface area contributed by atoms with Crippen molar-refractivity contribution in [3.8, 4) is 23.3 Å². The van der Waals surface area contributed by atoms with E-state index >= 15 is 0 Å². The van der Waals surface area contributed by atoms with E-state index in [4.69, 9.17) is 14.2 Å². The van der Waals surface area contributed by atoms with Crippen molar-refractivity contribution in [3.05, 3.63) is 28.3 Å². The summed E-state index contributed by atoms with van der Waals surface area (Å²) >= 11 is 0. The Balaban J connectivity index is 1.82. The number of allylic oxidation sites excluding steroid dienone is 1. The van der Waals surface area contributed by atoms with Crippen molar-refractivity contribution < 1.29 is 24.1 Å². The van der Waals surface area contributed by atoms with E-state index in [1.165, 1.54) is 0 Å². The second-order valence-corrected chi connectivity index (χ2v) is 8.19. The van der Waals surface area contributed by atoms with E-state index in [1.807, 2.05) is 14.0 Å². The molecule has 30 heavy (non-hydrogen) atoms. The van der Waals surface area contributed by atoms with Crippen LogP contribution >= 0.6 is 0 Å². The molecule has 0 aromatic heterocycles. The van der Waals surface area contributed by atoms with Crippen LogP contribution in [0.5, 0.6) is 17.2 Å². The Hall–Kier alpha value is -2.76. The molecule has 0 saturated carbocycles. The van der Waals surface area contributed by atoms with Gasteiger partial charge in [0.2, 0.25) is 6.79 Å². The fraction of sp³-hybridized carbons (Fsp3) is 0.545. The first-order chi connectivity index (χ1) is 14.4. The van der Waals surface area contributed by atoms with Crippen LogP contribution in [0.25, 0.3) is 0 Å². The van der Waals surface area contributed by atoms with Crippen LogP contribution in [0.4, 0.5) is 0 Å². The largest absolute Gasteiger partial charge is 0.507 e. The minimum absolute atomic E-state index is 0.0121. The molecule has 1 aromatic rings. The normalized spacial score (nSPS) is 26.0. The Morgan fingerprint density at radius 3 is 2.80 bits per heavy atom. The standard InChI is InChI=1S/C22H27N3O5/c1-5-12(2)22(27)28-10-17-18-16(19(26)13(3)20-21(18)30-11-29-20)6-14-8-24(4)9-15(7-23)25(14)17/h5,14-15,17,26H,6,8-11H2,1-4H3/b12-5-/t14-,15-,17-/m0/s1. The molecule has 1 fully saturated rings. The van der Waals surface area contributed by atoms with Crippen molar-refractivity contribution in [1.29, 1.82) is 5.26 Å². The van der Waals surface area contributed by atoms with Crippen LogP contribution < -0.4 is 9.47 Å². The van der Waals surface area contributed by atoms with E-state index in [2.05, 4.69) is 15.9 Å². The summed E-state index contributed by atoms with van der Waals surface area (Å²) in [5, 5.41) is 20.8. The van der Waals surface area contributed by atoms with E-state index in [0.717, 1.165) is 17.7 Å². The van der Waals surface area contributed by atoms with Gasteiger partial charge in [0.25, 0.3) is 0 Å². The zero-order valence-electron chi connectivity index (χ0n) is 17.8. The van der Waals surface area contributed by atoms with Gasteiger partial charge in [-0.1, -0.05) is 6.08 Å². The van der Waals surface area contributed by atoms with Gasteiger partial charge in [0.15, 0.2) is 11.5 Å². The third kappa shape index (κ3) is 3.18. The molecule has 4 rings (SSSR count). The van der Waals surface area contributed by atoms with Crippen molar-refractivity contribution in [1.82, 2.24) is 9.80 Å². The van der Waals surface area contributed by atoms with Crippen molar-refractivity contribution in [2.24, 2.45) is 0 Å². The lowest BCUT2D eigenvalue weighted by atomic mass is 9.83. The summed E-state index contributed by atoms with van der Waals surface area (Å²) in [5.74, 6) is 0.900. The lowest BCUT2D eigenvalue weighted by Gasteiger charge is -2.50. The van der Waals surface area contributed by atoms with Gasteiger partial charge < -0.3 is 24.2 Å². The summed E-state index contributed by atoms with van der Waals surface area (Å²) in [6.07, 6.45) is 2.29. The number of carbonyl (C=O) groups excluding carboxylic acids is 1. The molecular formula is C22H27N3O5. The summed E-state index contributed by atoms with van der Waals surface area (Å²) in [4.78, 5) is 16.6. The van der Waals surface area contributed by atoms with Crippen molar-refractivity contribution in [3.63, 3.8) is 0 Å². The van der Waals surface area contributed by atoms with Gasteiger partial charge in [0.05, 0.1) is 12.1 Å². The van der Waals surface area contributed by atoms with Crippen LogP contribution in [0.3, 0.4) is 0 Å². The summed E-state index contributed by atoms with van der Waals surface area (Å²) in [5.41, 5.74) is 2.72. The molecule has 3 atom stereocenters. The number of carbonyl (C=O) groups is 1. The molecule has 8 nitrogen and oxygen atoms in total. The third-order valence-corrected chi connectivity index (χ3v) is 6.36. The number of phenolic OH excluding ortho intramolecular Hbond substituents is 1. The lowest BCUT2D eigenvalue weighted by molar-refractivity contribution is -0.142. The van der Waals surface area contributed by atoms with Crippen molar-refractivity contribution >= 4 is 5.97 Å². The highest BCUT2D eigenvalue weighted by atomic mass is 16.7. The maximum Gasteiger partial charge on any atom is 0.333 e. The van der Waals surface area contributed by atoms with Gasteiger partial charge in [-0.3, -0.25) is 4.90 Å². The van der Waals surface area contributed by atoms with Gasteiger partial charge in [-0.2, -0.15) is 5.26 Å². The molecule has 3 heterocycles. The zero-order valence-corrected chi connectivity index (χ0v) is 17.8. The van der Waals surface area contributed by atoms with Gasteiger partial charge >= 0.3 is 5.97 Å². The molecule has 8 heteroatoms. The Bertz CT molecular complexity index is 951. The smallest absolute Gasteiger partial charge is 0.333 e. The number of benzene rings is 1. The van der Waals surface area contributed by atoms with E-state index in [-0.39, 0.29) is 31.2 Å². The van der Waals surface area contributed by atoms with E-state index in [0.29, 0.717) is 35.6 Å². The first-order valence-corrected chi connectivity index (χ1v) is 10.2. The second-order valence-electron chi connectivity index (χ2n) is 8.19. The molecule has 0 amide bonds. The van der Waals surface area contributed by atoms with E-state index in [9.17, 15) is 15.2 Å². The number of hydrogen-bond donors (Lipinski definition) is 1. The van der Waals surface area contributed by atoms with Crippen LogP contribution in [0.2, 0.25) is 0 Å². The molecule has 1 N–H and O–H groups in total. The monoisotopic (exact) mass is 413 g/mol. The minimum Gasteiger partial charge on any atom is -0.507 e. The minimum atomic E-state index is -0.410. The molecule has 1 aromatic carbocycles. The number of esters is 1. The highest BCUT2D eigenvalue weighted by Gasteiger charge is 2.47. The Morgan fingerprint density at radius 2 is 2.10 bits per heavy atom. The van der Waals surface area contributed by atoms with Gasteiger partial charge in [0.1, 0.15) is 18.4 Å². The highest BCUT2D eigenvalue weighted by molar-refractivity contribution is 5.87. The molecule has 3 aliphatic heterocycles. The first kappa shape index (κ1) is 20.5. The fourth-order valence-electron chi connectivity index (χ4n) is 4.78. The lowest BCUT2D eigenvalue weighted by Crippen LogP contribution is -2.61. The average molecular weight is 413 g/mol. The van der Waals surface area contributed by atoms with E-state index < -0.39 is 12.0 Å². The van der Waals surface area contributed by atoms with Crippen LogP contribution in [-0.4, -0.2) is 66.5 Å². The number of nitrogens with zero attached hydrogens (tertiary/aromatic N) is 3. The molecule has 0 unspecified atom stereocenters. The third-order valence-electron chi connectivity index (χ3n) is 6.36. The topological polar surface area (TPSA) is 95.3 Å². The number of phenols is 1. The van der Waals surface area contributed by atoms with Gasteiger partial charge in [-0.15, -0.1) is 0 Å². The molecule has 1 saturated heterocycles. The molecular weight excluding hydrogens is 386 g/mol. The summed E-state index contributed by atoms with van der Waals surface area (Å²) < 4.78 is 17.1. The van der Waals surface area contributed by atoms with Crippen molar-refractivity contribution in [2.45, 2.75) is 45.3 Å². The van der Waals surface area contributed by atoms with Gasteiger partial charge in [0, 0.05) is 41.4 Å². The Labute approximate surface area is 176 Å². The SMILES string of the molecule is C/C=C(/C)C(=O)OC[C@H]1c2c(c(O)c(C)c3c2OCO3)C[C@H]2CN(C)C[C@H](C#N)N21. The predicted octanol–water partition coefficient (Wildman–Crippen LogP) is 2.04. The van der Waals surface area contributed by atoms with Gasteiger partial charge in [-0.25, -0.2) is 4.79 Å². The fourth-order valence-corrected chi connectivity index (χ4v) is 4.78. The van der Waals surface area contributed by atoms with Crippen LogP contribution in [0, 0.1) is 18.3 Å². The molecule has 0 spiro atoms. The summed E-state index contributed by atoms with van der Waals surface area (Å²) in [7, 11) is 1.99. The molecule has 0 aliphatic carbocycles. The number of ether oxygens (including phenoxy) is 3. The Kier molecular flexibility index (Phi) is 5.35. The quantitative estimate of drug-likeness (QED) is 0.594. The van der Waals surface area contributed by atoms with Gasteiger partial charge in [-0.05, 0) is 34.2 Å². The van der Waals surface area contributed by atoms with Crippen molar-refractivity contribution in [2.75, 3.05) is 33.5 Å². The molecule has 160 valence electrons. The Morgan fingerprint density at radius 1 is 1.37 bits per heavy atom. The molecule has 0 bridgehead atoms. The molecule has 0 radical (unpaired) electrons.